The van der Waals surface area contributed by atoms with Gasteiger partial charge in [-0.05, 0) is 50.3 Å². The maximum absolute atomic E-state index is 4.45. The van der Waals surface area contributed by atoms with Gasteiger partial charge in [-0.2, -0.15) is 0 Å². The molecule has 3 nitrogen and oxygen atoms in total. The molecule has 0 unspecified atom stereocenters. The molecule has 0 radical (unpaired) electrons. The first kappa shape index (κ1) is 12.4. The number of nitrogens with one attached hydrogen (secondary N) is 1. The molecule has 0 spiro atoms. The van der Waals surface area contributed by atoms with Crippen LogP contribution in [0.15, 0.2) is 36.5 Å². The average molecular weight is 255 g/mol. The van der Waals surface area contributed by atoms with E-state index in [0.717, 1.165) is 12.4 Å². The van der Waals surface area contributed by atoms with Crippen molar-refractivity contribution in [3.05, 3.63) is 36.5 Å². The van der Waals surface area contributed by atoms with Crippen LogP contribution in [0.3, 0.4) is 0 Å². The molecule has 100 valence electrons. The lowest BCUT2D eigenvalue weighted by Gasteiger charge is -2.14. The maximum Gasteiger partial charge on any atom is 0.126 e. The molecule has 1 aliphatic rings. The standard InChI is InChI=1S/C16H21N3/c1-2-7-15-13-18-16(12-14(15)6-1)17-8-5-11-19-9-3-4-10-19/h1-2,6-7,12-13H,3-5,8-11H2,(H,17,18). The molecule has 0 atom stereocenters. The Bertz CT molecular complexity index is 532. The van der Waals surface area contributed by atoms with Crippen LogP contribution in [0.25, 0.3) is 10.8 Å². The minimum atomic E-state index is 0.986. The van der Waals surface area contributed by atoms with Crippen molar-refractivity contribution in [1.29, 1.82) is 0 Å². The predicted molar refractivity (Wildman–Crippen MR) is 80.5 cm³/mol. The third-order valence-corrected chi connectivity index (χ3v) is 3.79. The van der Waals surface area contributed by atoms with Crippen LogP contribution in [0.2, 0.25) is 0 Å². The third kappa shape index (κ3) is 3.24. The van der Waals surface area contributed by atoms with Crippen molar-refractivity contribution in [3.63, 3.8) is 0 Å². The van der Waals surface area contributed by atoms with Gasteiger partial charge in [-0.15, -0.1) is 0 Å². The summed E-state index contributed by atoms with van der Waals surface area (Å²) < 4.78 is 0. The molecular formula is C16H21N3. The zero-order valence-electron chi connectivity index (χ0n) is 11.3. The normalized spacial score (nSPS) is 16.0. The molecule has 2 aromatic rings. The second kappa shape index (κ2) is 6.02. The number of hydrogen-bond donors (Lipinski definition) is 1. The summed E-state index contributed by atoms with van der Waals surface area (Å²) >= 11 is 0. The van der Waals surface area contributed by atoms with E-state index in [1.54, 1.807) is 0 Å². The lowest BCUT2D eigenvalue weighted by Crippen LogP contribution is -2.22. The Morgan fingerprint density at radius 2 is 1.89 bits per heavy atom. The van der Waals surface area contributed by atoms with E-state index in [1.807, 2.05) is 12.3 Å². The van der Waals surface area contributed by atoms with Crippen molar-refractivity contribution in [3.8, 4) is 0 Å². The van der Waals surface area contributed by atoms with E-state index < -0.39 is 0 Å². The van der Waals surface area contributed by atoms with Gasteiger partial charge in [0, 0.05) is 18.1 Å². The van der Waals surface area contributed by atoms with Crippen LogP contribution in [-0.4, -0.2) is 36.1 Å². The van der Waals surface area contributed by atoms with Crippen LogP contribution >= 0.6 is 0 Å². The fourth-order valence-electron chi connectivity index (χ4n) is 2.71. The molecule has 3 rings (SSSR count). The third-order valence-electron chi connectivity index (χ3n) is 3.79. The molecule has 1 fully saturated rings. The highest BCUT2D eigenvalue weighted by atomic mass is 15.1. The van der Waals surface area contributed by atoms with E-state index in [2.05, 4.69) is 39.5 Å². The first-order chi connectivity index (χ1) is 9.42. The smallest absolute Gasteiger partial charge is 0.126 e. The molecule has 2 heterocycles. The highest BCUT2D eigenvalue weighted by Crippen LogP contribution is 2.16. The fraction of sp³-hybridized carbons (Fsp3) is 0.438. The molecule has 1 aliphatic heterocycles. The first-order valence-electron chi connectivity index (χ1n) is 7.23. The summed E-state index contributed by atoms with van der Waals surface area (Å²) in [6.07, 6.45) is 5.88. The van der Waals surface area contributed by atoms with Gasteiger partial charge in [-0.3, -0.25) is 0 Å². The molecule has 0 aliphatic carbocycles. The van der Waals surface area contributed by atoms with Crippen LogP contribution in [0.5, 0.6) is 0 Å². The highest BCUT2D eigenvalue weighted by Gasteiger charge is 2.09. The lowest BCUT2D eigenvalue weighted by atomic mass is 10.2. The van der Waals surface area contributed by atoms with Gasteiger partial charge < -0.3 is 10.2 Å². The number of rotatable bonds is 5. The van der Waals surface area contributed by atoms with Gasteiger partial charge in [-0.25, -0.2) is 4.98 Å². The second-order valence-electron chi connectivity index (χ2n) is 5.25. The molecule has 1 N–H and O–H groups in total. The molecule has 1 aromatic heterocycles. The van der Waals surface area contributed by atoms with Gasteiger partial charge >= 0.3 is 0 Å². The van der Waals surface area contributed by atoms with Crippen LogP contribution in [0.4, 0.5) is 5.82 Å². The summed E-state index contributed by atoms with van der Waals surface area (Å²) in [6, 6.07) is 10.5. The van der Waals surface area contributed by atoms with Crippen molar-refractivity contribution in [2.45, 2.75) is 19.3 Å². The number of fused-ring (bicyclic) bond motifs is 1. The summed E-state index contributed by atoms with van der Waals surface area (Å²) in [5.74, 6) is 0.986. The number of likely N-dealkylation sites (tertiary alicyclic amines) is 1. The van der Waals surface area contributed by atoms with Crippen LogP contribution in [0.1, 0.15) is 19.3 Å². The summed E-state index contributed by atoms with van der Waals surface area (Å²) in [7, 11) is 0. The van der Waals surface area contributed by atoms with Gasteiger partial charge in [0.05, 0.1) is 0 Å². The zero-order chi connectivity index (χ0) is 12.9. The minimum Gasteiger partial charge on any atom is -0.370 e. The van der Waals surface area contributed by atoms with Gasteiger partial charge in [-0.1, -0.05) is 24.3 Å². The van der Waals surface area contributed by atoms with Gasteiger partial charge in [0.25, 0.3) is 0 Å². The molecule has 0 amide bonds. The number of aromatic nitrogens is 1. The van der Waals surface area contributed by atoms with Crippen LogP contribution in [0, 0.1) is 0 Å². The maximum atomic E-state index is 4.45. The number of hydrogen-bond acceptors (Lipinski definition) is 3. The Labute approximate surface area is 114 Å². The number of anilines is 1. The Balaban J connectivity index is 1.50. The van der Waals surface area contributed by atoms with E-state index >= 15 is 0 Å². The Morgan fingerprint density at radius 1 is 1.11 bits per heavy atom. The van der Waals surface area contributed by atoms with Gasteiger partial charge in [0.1, 0.15) is 5.82 Å². The predicted octanol–water partition coefficient (Wildman–Crippen LogP) is 3.13. The van der Waals surface area contributed by atoms with Crippen molar-refractivity contribution in [2.24, 2.45) is 0 Å². The SMILES string of the molecule is c1ccc2cc(NCCCN3CCCC3)ncc2c1. The van der Waals surface area contributed by atoms with Crippen LogP contribution < -0.4 is 5.32 Å². The Hall–Kier alpha value is -1.61. The highest BCUT2D eigenvalue weighted by molar-refractivity contribution is 5.83. The second-order valence-corrected chi connectivity index (χ2v) is 5.25. The van der Waals surface area contributed by atoms with E-state index in [9.17, 15) is 0 Å². The lowest BCUT2D eigenvalue weighted by molar-refractivity contribution is 0.337. The van der Waals surface area contributed by atoms with Crippen molar-refractivity contribution < 1.29 is 0 Å². The zero-order valence-corrected chi connectivity index (χ0v) is 11.3. The van der Waals surface area contributed by atoms with Crippen molar-refractivity contribution >= 4 is 16.6 Å². The quantitative estimate of drug-likeness (QED) is 0.832. The molecule has 1 aromatic carbocycles. The molecule has 1 saturated heterocycles. The van der Waals surface area contributed by atoms with E-state index in [1.165, 1.54) is 49.7 Å². The largest absolute Gasteiger partial charge is 0.370 e. The average Bonchev–Trinajstić information content (AvgIpc) is 2.97. The van der Waals surface area contributed by atoms with Crippen LogP contribution in [-0.2, 0) is 0 Å². The summed E-state index contributed by atoms with van der Waals surface area (Å²) in [4.78, 5) is 7.00. The van der Waals surface area contributed by atoms with Crippen molar-refractivity contribution in [1.82, 2.24) is 9.88 Å². The van der Waals surface area contributed by atoms with Crippen molar-refractivity contribution in [2.75, 3.05) is 31.5 Å². The molecule has 0 saturated carbocycles. The van der Waals surface area contributed by atoms with Gasteiger partial charge in [0.15, 0.2) is 0 Å². The van der Waals surface area contributed by atoms with Gasteiger partial charge in [0.2, 0.25) is 0 Å². The fourth-order valence-corrected chi connectivity index (χ4v) is 2.71. The van der Waals surface area contributed by atoms with E-state index in [4.69, 9.17) is 0 Å². The topological polar surface area (TPSA) is 28.2 Å². The number of benzene rings is 1. The molecule has 3 heteroatoms. The molecule has 19 heavy (non-hydrogen) atoms. The minimum absolute atomic E-state index is 0.986. The van der Waals surface area contributed by atoms with E-state index in [0.29, 0.717) is 0 Å². The first-order valence-corrected chi connectivity index (χ1v) is 7.23. The number of nitrogens with zero attached hydrogens (tertiary/aromatic N) is 2. The van der Waals surface area contributed by atoms with E-state index in [-0.39, 0.29) is 0 Å². The monoisotopic (exact) mass is 255 g/mol. The number of pyridine rings is 1. The Morgan fingerprint density at radius 3 is 2.74 bits per heavy atom. The summed E-state index contributed by atoms with van der Waals surface area (Å²) in [5.41, 5.74) is 0. The Kier molecular flexibility index (Phi) is 3.94. The summed E-state index contributed by atoms with van der Waals surface area (Å²) in [5, 5.41) is 5.87. The summed E-state index contributed by atoms with van der Waals surface area (Å²) in [6.45, 7) is 4.78. The molecular weight excluding hydrogens is 234 g/mol. The molecule has 0 bridgehead atoms.